The molecule has 146 valence electrons. The van der Waals surface area contributed by atoms with Crippen LogP contribution in [0.2, 0.25) is 0 Å². The lowest BCUT2D eigenvalue weighted by Crippen LogP contribution is -2.45. The number of hydrogen-bond acceptors (Lipinski definition) is 6. The molecule has 0 aromatic carbocycles. The van der Waals surface area contributed by atoms with E-state index in [-0.39, 0.29) is 18.1 Å². The van der Waals surface area contributed by atoms with Gasteiger partial charge in [-0.15, -0.1) is 0 Å². The van der Waals surface area contributed by atoms with Crippen LogP contribution < -0.4 is 10.2 Å². The molecule has 1 aliphatic rings. The van der Waals surface area contributed by atoms with E-state index in [9.17, 15) is 4.79 Å². The summed E-state index contributed by atoms with van der Waals surface area (Å²) in [6, 6.07) is 5.71. The van der Waals surface area contributed by atoms with Crippen LogP contribution in [0.3, 0.4) is 0 Å². The molecule has 1 fully saturated rings. The Bertz CT molecular complexity index is 1000. The van der Waals surface area contributed by atoms with Crippen molar-refractivity contribution < 1.29 is 9.53 Å². The highest BCUT2D eigenvalue weighted by atomic mass is 16.5. The van der Waals surface area contributed by atoms with E-state index >= 15 is 0 Å². The Morgan fingerprint density at radius 2 is 1.93 bits per heavy atom. The fourth-order valence-electron chi connectivity index (χ4n) is 3.64. The topological polar surface area (TPSA) is 84.7 Å². The van der Waals surface area contributed by atoms with Gasteiger partial charge in [-0.2, -0.15) is 5.10 Å². The number of aromatic nitrogens is 4. The monoisotopic (exact) mass is 380 g/mol. The van der Waals surface area contributed by atoms with Crippen molar-refractivity contribution in [3.63, 3.8) is 0 Å². The van der Waals surface area contributed by atoms with Gasteiger partial charge in [-0.1, -0.05) is 0 Å². The third kappa shape index (κ3) is 3.55. The summed E-state index contributed by atoms with van der Waals surface area (Å²) < 4.78 is 7.44. The van der Waals surface area contributed by atoms with Gasteiger partial charge in [0, 0.05) is 24.5 Å². The second-order valence-electron chi connectivity index (χ2n) is 7.35. The van der Waals surface area contributed by atoms with Crippen molar-refractivity contribution in [1.29, 1.82) is 0 Å². The molecule has 1 saturated heterocycles. The summed E-state index contributed by atoms with van der Waals surface area (Å²) in [6.45, 7) is 9.56. The minimum absolute atomic E-state index is 0.167. The number of carbonyl (C=O) groups is 1. The molecule has 1 amide bonds. The molecule has 28 heavy (non-hydrogen) atoms. The molecule has 2 atom stereocenters. The van der Waals surface area contributed by atoms with Crippen LogP contribution in [-0.2, 0) is 4.74 Å². The van der Waals surface area contributed by atoms with E-state index < -0.39 is 0 Å². The highest BCUT2D eigenvalue weighted by molar-refractivity contribution is 6.08. The van der Waals surface area contributed by atoms with Gasteiger partial charge < -0.3 is 15.0 Å². The van der Waals surface area contributed by atoms with Crippen molar-refractivity contribution in [3.8, 4) is 0 Å². The van der Waals surface area contributed by atoms with Gasteiger partial charge >= 0.3 is 0 Å². The van der Waals surface area contributed by atoms with Crippen LogP contribution in [0.1, 0.15) is 35.6 Å². The van der Waals surface area contributed by atoms with Crippen LogP contribution in [0.25, 0.3) is 5.65 Å². The molecular weight excluding hydrogens is 356 g/mol. The number of ether oxygens (including phenoxy) is 1. The quantitative estimate of drug-likeness (QED) is 0.752. The highest BCUT2D eigenvalue weighted by Crippen LogP contribution is 2.20. The number of morpholine rings is 1. The minimum Gasteiger partial charge on any atom is -0.372 e. The number of hydrogen-bond donors (Lipinski definition) is 1. The molecule has 8 heteroatoms. The zero-order valence-corrected chi connectivity index (χ0v) is 16.5. The predicted octanol–water partition coefficient (Wildman–Crippen LogP) is 2.61. The smallest absolute Gasteiger partial charge is 0.261 e. The Kier molecular flexibility index (Phi) is 4.72. The highest BCUT2D eigenvalue weighted by Gasteiger charge is 2.23. The number of nitrogens with one attached hydrogen (secondary N) is 1. The summed E-state index contributed by atoms with van der Waals surface area (Å²) in [4.78, 5) is 23.9. The van der Waals surface area contributed by atoms with Gasteiger partial charge in [-0.25, -0.2) is 14.5 Å². The zero-order valence-electron chi connectivity index (χ0n) is 16.5. The molecular formula is C20H24N6O2. The van der Waals surface area contributed by atoms with E-state index in [0.717, 1.165) is 30.3 Å². The Balaban J connectivity index is 1.51. The van der Waals surface area contributed by atoms with Gasteiger partial charge in [0.05, 0.1) is 30.3 Å². The van der Waals surface area contributed by atoms with Gasteiger partial charge in [0.1, 0.15) is 11.4 Å². The lowest BCUT2D eigenvalue weighted by molar-refractivity contribution is -0.00545. The molecule has 0 aliphatic carbocycles. The van der Waals surface area contributed by atoms with Crippen molar-refractivity contribution in [2.45, 2.75) is 39.9 Å². The predicted molar refractivity (Wildman–Crippen MR) is 107 cm³/mol. The van der Waals surface area contributed by atoms with Crippen molar-refractivity contribution in [2.75, 3.05) is 23.3 Å². The van der Waals surface area contributed by atoms with E-state index in [0.29, 0.717) is 16.9 Å². The first-order valence-corrected chi connectivity index (χ1v) is 9.40. The fourth-order valence-corrected chi connectivity index (χ4v) is 3.64. The molecule has 0 unspecified atom stereocenters. The number of amides is 1. The van der Waals surface area contributed by atoms with E-state index in [1.807, 2.05) is 32.0 Å². The number of carbonyl (C=O) groups excluding carboxylic acids is 1. The number of aryl methyl sites for hydroxylation is 2. The molecule has 4 heterocycles. The molecule has 4 rings (SSSR count). The van der Waals surface area contributed by atoms with Crippen LogP contribution in [0.5, 0.6) is 0 Å². The first-order valence-electron chi connectivity index (χ1n) is 9.40. The average molecular weight is 380 g/mol. The van der Waals surface area contributed by atoms with E-state index in [1.54, 1.807) is 16.9 Å². The standard InChI is InChI=1S/C20H24N6O2/c1-12-7-13(2)26-19(23-12)17(9-22-26)20(27)24-16-5-6-18(21-8-16)25-10-14(3)28-15(4)11-25/h5-9,14-15H,10-11H2,1-4H3,(H,24,27)/t14-,15-/m0/s1. The van der Waals surface area contributed by atoms with Crippen molar-refractivity contribution in [2.24, 2.45) is 0 Å². The van der Waals surface area contributed by atoms with Crippen LogP contribution in [-0.4, -0.2) is 50.8 Å². The van der Waals surface area contributed by atoms with E-state index in [1.165, 1.54) is 0 Å². The van der Waals surface area contributed by atoms with Crippen LogP contribution in [0.4, 0.5) is 11.5 Å². The van der Waals surface area contributed by atoms with Gasteiger partial charge in [-0.05, 0) is 45.9 Å². The largest absolute Gasteiger partial charge is 0.372 e. The minimum atomic E-state index is -0.254. The molecule has 3 aromatic rings. The van der Waals surface area contributed by atoms with Gasteiger partial charge in [-0.3, -0.25) is 4.79 Å². The number of rotatable bonds is 3. The molecule has 1 N–H and O–H groups in total. The Labute approximate surface area is 163 Å². The third-order valence-corrected chi connectivity index (χ3v) is 4.77. The summed E-state index contributed by atoms with van der Waals surface area (Å²) in [6.07, 6.45) is 3.55. The molecule has 0 spiro atoms. The Morgan fingerprint density at radius 3 is 2.61 bits per heavy atom. The molecule has 8 nitrogen and oxygen atoms in total. The molecule has 1 aliphatic heterocycles. The van der Waals surface area contributed by atoms with E-state index in [4.69, 9.17) is 4.74 Å². The van der Waals surface area contributed by atoms with Crippen LogP contribution in [0, 0.1) is 13.8 Å². The lowest BCUT2D eigenvalue weighted by Gasteiger charge is -2.36. The number of anilines is 2. The maximum atomic E-state index is 12.7. The maximum absolute atomic E-state index is 12.7. The van der Waals surface area contributed by atoms with Gasteiger partial charge in [0.25, 0.3) is 5.91 Å². The summed E-state index contributed by atoms with van der Waals surface area (Å²) in [7, 11) is 0. The first kappa shape index (κ1) is 18.4. The Morgan fingerprint density at radius 1 is 1.18 bits per heavy atom. The van der Waals surface area contributed by atoms with Gasteiger partial charge in [0.2, 0.25) is 0 Å². The number of fused-ring (bicyclic) bond motifs is 1. The molecule has 0 saturated carbocycles. The summed E-state index contributed by atoms with van der Waals surface area (Å²) in [5, 5.41) is 7.16. The summed E-state index contributed by atoms with van der Waals surface area (Å²) in [5.74, 6) is 0.625. The van der Waals surface area contributed by atoms with Crippen LogP contribution in [0.15, 0.2) is 30.6 Å². The third-order valence-electron chi connectivity index (χ3n) is 4.77. The second-order valence-corrected chi connectivity index (χ2v) is 7.35. The fraction of sp³-hybridized carbons (Fsp3) is 0.400. The summed E-state index contributed by atoms with van der Waals surface area (Å²) >= 11 is 0. The van der Waals surface area contributed by atoms with E-state index in [2.05, 4.69) is 39.1 Å². The van der Waals surface area contributed by atoms with Crippen molar-refractivity contribution in [1.82, 2.24) is 19.6 Å². The van der Waals surface area contributed by atoms with Gasteiger partial charge in [0.15, 0.2) is 5.65 Å². The Hall–Kier alpha value is -3.00. The molecule has 0 radical (unpaired) electrons. The molecule has 0 bridgehead atoms. The average Bonchev–Trinajstić information content (AvgIpc) is 3.05. The number of nitrogens with zero attached hydrogens (tertiary/aromatic N) is 5. The van der Waals surface area contributed by atoms with Crippen molar-refractivity contribution in [3.05, 3.63) is 47.5 Å². The molecule has 3 aromatic heterocycles. The van der Waals surface area contributed by atoms with Crippen LogP contribution >= 0.6 is 0 Å². The zero-order chi connectivity index (χ0) is 19.8. The summed E-state index contributed by atoms with van der Waals surface area (Å²) in [5.41, 5.74) is 3.40. The number of pyridine rings is 1. The second kappa shape index (κ2) is 7.20. The lowest BCUT2D eigenvalue weighted by atomic mass is 10.2. The van der Waals surface area contributed by atoms with Crippen molar-refractivity contribution >= 4 is 23.1 Å². The SMILES string of the molecule is Cc1cc(C)n2ncc(C(=O)Nc3ccc(N4C[C@H](C)O[C@@H](C)C4)nc3)c2n1. The maximum Gasteiger partial charge on any atom is 0.261 e. The normalized spacial score (nSPS) is 19.8. The first-order chi connectivity index (χ1) is 13.4.